The van der Waals surface area contributed by atoms with Crippen molar-refractivity contribution in [1.82, 2.24) is 0 Å². The zero-order chi connectivity index (χ0) is 12.1. The van der Waals surface area contributed by atoms with Crippen molar-refractivity contribution in [1.29, 1.82) is 0 Å². The minimum absolute atomic E-state index is 0.329. The van der Waals surface area contributed by atoms with Crippen molar-refractivity contribution in [2.45, 2.75) is 32.4 Å². The van der Waals surface area contributed by atoms with Crippen LogP contribution in [-0.2, 0) is 11.0 Å². The SMILES string of the molecule is C=C/C(C)=C(C=C)/C=N/S(=O)C(C)(C)C. The number of hydrogen-bond acceptors (Lipinski definition) is 1. The van der Waals surface area contributed by atoms with Crippen molar-refractivity contribution in [3.63, 3.8) is 0 Å². The lowest BCUT2D eigenvalue weighted by Gasteiger charge is -2.12. The predicted octanol–water partition coefficient (Wildman–Crippen LogP) is 3.21. The molecular weight excluding hydrogens is 206 g/mol. The van der Waals surface area contributed by atoms with E-state index in [0.29, 0.717) is 0 Å². The summed E-state index contributed by atoms with van der Waals surface area (Å²) in [5, 5.41) is 0. The maximum atomic E-state index is 11.6. The van der Waals surface area contributed by atoms with Crippen molar-refractivity contribution in [3.8, 4) is 0 Å². The number of hydrogen-bond donors (Lipinski definition) is 0. The highest BCUT2D eigenvalue weighted by Gasteiger charge is 2.18. The molecule has 0 aliphatic heterocycles. The molecule has 0 fully saturated rings. The van der Waals surface area contributed by atoms with Gasteiger partial charge in [0.1, 0.15) is 11.0 Å². The summed E-state index contributed by atoms with van der Waals surface area (Å²) in [5.41, 5.74) is 1.82. The third kappa shape index (κ3) is 4.88. The second-order valence-electron chi connectivity index (χ2n) is 4.14. The molecule has 0 aliphatic carbocycles. The maximum Gasteiger partial charge on any atom is 0.144 e. The summed E-state index contributed by atoms with van der Waals surface area (Å²) in [4.78, 5) is 0. The second-order valence-corrected chi connectivity index (χ2v) is 6.08. The van der Waals surface area contributed by atoms with Gasteiger partial charge in [0.25, 0.3) is 0 Å². The summed E-state index contributed by atoms with van der Waals surface area (Å²) in [6, 6.07) is 0. The topological polar surface area (TPSA) is 29.4 Å². The fraction of sp³-hybridized carbons (Fsp3) is 0.417. The quantitative estimate of drug-likeness (QED) is 0.533. The smallest absolute Gasteiger partial charge is 0.144 e. The molecule has 3 heteroatoms. The lowest BCUT2D eigenvalue weighted by Crippen LogP contribution is -2.19. The molecule has 0 N–H and O–H groups in total. The highest BCUT2D eigenvalue weighted by atomic mass is 32.2. The average Bonchev–Trinajstić information content (AvgIpc) is 2.16. The lowest BCUT2D eigenvalue weighted by atomic mass is 10.1. The fourth-order valence-corrected chi connectivity index (χ4v) is 1.22. The Morgan fingerprint density at radius 2 is 1.80 bits per heavy atom. The van der Waals surface area contributed by atoms with Crippen LogP contribution in [0.1, 0.15) is 27.7 Å². The van der Waals surface area contributed by atoms with Crippen LogP contribution in [0.5, 0.6) is 0 Å². The first-order valence-electron chi connectivity index (χ1n) is 4.74. The average molecular weight is 225 g/mol. The molecule has 0 saturated heterocycles. The summed E-state index contributed by atoms with van der Waals surface area (Å²) < 4.78 is 15.3. The van der Waals surface area contributed by atoms with Crippen LogP contribution in [0, 0.1) is 0 Å². The van der Waals surface area contributed by atoms with E-state index in [9.17, 15) is 4.21 Å². The Bertz CT molecular complexity index is 332. The molecule has 0 amide bonds. The Morgan fingerprint density at radius 3 is 2.13 bits per heavy atom. The fourth-order valence-electron chi connectivity index (χ4n) is 0.696. The first kappa shape index (κ1) is 14.0. The van der Waals surface area contributed by atoms with Crippen LogP contribution in [0.4, 0.5) is 0 Å². The van der Waals surface area contributed by atoms with Crippen molar-refractivity contribution >= 4 is 17.2 Å². The predicted molar refractivity (Wildman–Crippen MR) is 69.5 cm³/mol. The van der Waals surface area contributed by atoms with Gasteiger partial charge in [0.2, 0.25) is 0 Å². The van der Waals surface area contributed by atoms with Crippen LogP contribution in [0.25, 0.3) is 0 Å². The van der Waals surface area contributed by atoms with E-state index in [0.717, 1.165) is 11.1 Å². The first-order valence-corrected chi connectivity index (χ1v) is 5.85. The van der Waals surface area contributed by atoms with E-state index in [1.807, 2.05) is 27.7 Å². The molecule has 0 radical (unpaired) electrons. The summed E-state index contributed by atoms with van der Waals surface area (Å²) >= 11 is 0. The molecule has 0 rings (SSSR count). The molecule has 84 valence electrons. The van der Waals surface area contributed by atoms with Gasteiger partial charge in [-0.1, -0.05) is 25.3 Å². The molecule has 0 saturated carbocycles. The molecule has 0 aromatic rings. The Kier molecular flexibility index (Phi) is 5.44. The van der Waals surface area contributed by atoms with E-state index >= 15 is 0 Å². The summed E-state index contributed by atoms with van der Waals surface area (Å²) in [6.45, 7) is 14.9. The van der Waals surface area contributed by atoms with Crippen molar-refractivity contribution < 1.29 is 4.21 Å². The third-order valence-electron chi connectivity index (χ3n) is 1.79. The van der Waals surface area contributed by atoms with Crippen LogP contribution < -0.4 is 0 Å². The zero-order valence-corrected chi connectivity index (χ0v) is 10.7. The number of rotatable bonds is 4. The normalized spacial score (nSPS) is 16.0. The Hall–Kier alpha value is -0.960. The van der Waals surface area contributed by atoms with E-state index in [1.54, 1.807) is 18.4 Å². The standard InChI is InChI=1S/C12H19NOS/c1-7-10(3)11(8-2)9-13-15(14)12(4,5)6/h7-9H,1-2H2,3-6H3/b11-10+,13-9+. The van der Waals surface area contributed by atoms with E-state index < -0.39 is 11.0 Å². The van der Waals surface area contributed by atoms with E-state index in [4.69, 9.17) is 0 Å². The third-order valence-corrected chi connectivity index (χ3v) is 3.14. The second kappa shape index (κ2) is 5.81. The van der Waals surface area contributed by atoms with E-state index in [-0.39, 0.29) is 4.75 Å². The monoisotopic (exact) mass is 225 g/mol. The van der Waals surface area contributed by atoms with Gasteiger partial charge in [0, 0.05) is 6.21 Å². The maximum absolute atomic E-state index is 11.6. The first-order chi connectivity index (χ1) is 6.82. The minimum Gasteiger partial charge on any atom is -0.234 e. The van der Waals surface area contributed by atoms with Gasteiger partial charge in [-0.2, -0.15) is 4.40 Å². The molecule has 2 nitrogen and oxygen atoms in total. The molecule has 0 bridgehead atoms. The van der Waals surface area contributed by atoms with Crippen LogP contribution in [-0.4, -0.2) is 15.2 Å². The molecule has 0 spiro atoms. The highest BCUT2D eigenvalue weighted by molar-refractivity contribution is 7.85. The Morgan fingerprint density at radius 1 is 1.27 bits per heavy atom. The van der Waals surface area contributed by atoms with Crippen LogP contribution in [0.3, 0.4) is 0 Å². The van der Waals surface area contributed by atoms with Crippen molar-refractivity contribution in [3.05, 3.63) is 36.5 Å². The van der Waals surface area contributed by atoms with Gasteiger partial charge >= 0.3 is 0 Å². The summed E-state index contributed by atoms with van der Waals surface area (Å²) in [7, 11) is -1.22. The molecular formula is C12H19NOS. The molecule has 15 heavy (non-hydrogen) atoms. The van der Waals surface area contributed by atoms with Gasteiger partial charge in [-0.15, -0.1) is 0 Å². The Balaban J connectivity index is 4.87. The molecule has 0 aromatic carbocycles. The lowest BCUT2D eigenvalue weighted by molar-refractivity contribution is 0.651. The van der Waals surface area contributed by atoms with E-state index in [1.165, 1.54) is 0 Å². The Labute approximate surface area is 95.1 Å². The number of nitrogens with zero attached hydrogens (tertiary/aromatic N) is 1. The highest BCUT2D eigenvalue weighted by Crippen LogP contribution is 2.12. The van der Waals surface area contributed by atoms with Gasteiger partial charge in [-0.3, -0.25) is 0 Å². The van der Waals surface area contributed by atoms with Crippen LogP contribution >= 0.6 is 0 Å². The van der Waals surface area contributed by atoms with Gasteiger partial charge in [-0.25, -0.2) is 4.21 Å². The summed E-state index contributed by atoms with van der Waals surface area (Å²) in [6.07, 6.45) is 4.99. The minimum atomic E-state index is -1.22. The molecule has 0 aromatic heterocycles. The van der Waals surface area contributed by atoms with Gasteiger partial charge < -0.3 is 0 Å². The summed E-state index contributed by atoms with van der Waals surface area (Å²) in [5.74, 6) is 0. The van der Waals surface area contributed by atoms with Crippen molar-refractivity contribution in [2.24, 2.45) is 4.40 Å². The largest absolute Gasteiger partial charge is 0.234 e. The molecule has 1 unspecified atom stereocenters. The van der Waals surface area contributed by atoms with E-state index in [2.05, 4.69) is 17.6 Å². The van der Waals surface area contributed by atoms with Crippen LogP contribution in [0.2, 0.25) is 0 Å². The zero-order valence-electron chi connectivity index (χ0n) is 9.91. The molecule has 1 atom stereocenters. The van der Waals surface area contributed by atoms with Gasteiger partial charge in [-0.05, 0) is 38.8 Å². The van der Waals surface area contributed by atoms with Gasteiger partial charge in [0.05, 0.1) is 4.75 Å². The van der Waals surface area contributed by atoms with Gasteiger partial charge in [0.15, 0.2) is 0 Å². The molecule has 0 aliphatic rings. The van der Waals surface area contributed by atoms with Crippen LogP contribution in [0.15, 0.2) is 40.9 Å². The molecule has 0 heterocycles. The number of allylic oxidation sites excluding steroid dienone is 4. The van der Waals surface area contributed by atoms with Crippen molar-refractivity contribution in [2.75, 3.05) is 0 Å².